The van der Waals surface area contributed by atoms with Crippen molar-refractivity contribution in [2.24, 2.45) is 29.1 Å². The fourth-order valence-corrected chi connectivity index (χ4v) is 10.1. The van der Waals surface area contributed by atoms with Crippen LogP contribution in [-0.4, -0.2) is 81.9 Å². The summed E-state index contributed by atoms with van der Waals surface area (Å²) in [5.74, 6) is -2.30. The number of carbonyl (C=O) groups is 7. The molecule has 0 heterocycles. The van der Waals surface area contributed by atoms with E-state index in [0.717, 1.165) is 6.42 Å². The molecule has 5 amide bonds. The van der Waals surface area contributed by atoms with Gasteiger partial charge < -0.3 is 0 Å². The molecule has 1 aliphatic rings. The number of nitrogens with zero attached hydrogens (tertiary/aromatic N) is 1. The van der Waals surface area contributed by atoms with Crippen LogP contribution in [-0.2, 0) is 33.5 Å². The number of alkyl halides is 1. The van der Waals surface area contributed by atoms with Crippen LogP contribution in [0.4, 0.5) is 4.79 Å². The molecular formula is C38H60IN5O8. The van der Waals surface area contributed by atoms with E-state index >= 15 is 0 Å². The molecule has 1 unspecified atom stereocenters. The van der Waals surface area contributed by atoms with Gasteiger partial charge in [-0.3, -0.25) is 0 Å². The SMILES string of the molecule is CCCI(NC(=O)[C@H]1CCC(CC(=O)[C@@H](NC(=O)OCC(C)C)C(C)(C)C)C[C@@H](C)C1)C(=O)C(=O)NCC(=O)N[C@H](C(=O)N(C)C)c1ccccc1. The minimum absolute atomic E-state index is 0.0250. The van der Waals surface area contributed by atoms with Gasteiger partial charge in [-0.2, -0.15) is 0 Å². The van der Waals surface area contributed by atoms with Crippen molar-refractivity contribution in [1.82, 2.24) is 24.4 Å². The Morgan fingerprint density at radius 1 is 0.962 bits per heavy atom. The number of amides is 5. The summed E-state index contributed by atoms with van der Waals surface area (Å²) in [6.07, 6.45) is 2.74. The van der Waals surface area contributed by atoms with Crippen LogP contribution in [0.25, 0.3) is 0 Å². The summed E-state index contributed by atoms with van der Waals surface area (Å²) in [4.78, 5) is 92.7. The van der Waals surface area contributed by atoms with E-state index in [1.165, 1.54) is 4.90 Å². The van der Waals surface area contributed by atoms with Gasteiger partial charge in [-0.15, -0.1) is 0 Å². The van der Waals surface area contributed by atoms with Crippen LogP contribution in [0, 0.1) is 29.1 Å². The van der Waals surface area contributed by atoms with Crippen LogP contribution in [0.3, 0.4) is 0 Å². The minimum atomic E-state index is -2.99. The van der Waals surface area contributed by atoms with Crippen molar-refractivity contribution < 1.29 is 38.3 Å². The van der Waals surface area contributed by atoms with Crippen LogP contribution in [0.5, 0.6) is 0 Å². The van der Waals surface area contributed by atoms with Crippen LogP contribution >= 0.6 is 20.1 Å². The first kappa shape index (κ1) is 44.6. The molecular weight excluding hydrogens is 781 g/mol. The molecule has 0 aliphatic heterocycles. The summed E-state index contributed by atoms with van der Waals surface area (Å²) in [5, 5.41) is 7.79. The first-order valence-electron chi connectivity index (χ1n) is 18.1. The second-order valence-corrected chi connectivity index (χ2v) is 20.1. The van der Waals surface area contributed by atoms with Gasteiger partial charge in [0.15, 0.2) is 0 Å². The van der Waals surface area contributed by atoms with Crippen LogP contribution in [0.1, 0.15) is 98.6 Å². The molecule has 0 saturated heterocycles. The van der Waals surface area contributed by atoms with Crippen LogP contribution in [0.15, 0.2) is 30.3 Å². The third kappa shape index (κ3) is 14.8. The number of halogens is 1. The molecule has 0 radical (unpaired) electrons. The number of ether oxygens (including phenoxy) is 1. The zero-order chi connectivity index (χ0) is 39.2. The van der Waals surface area contributed by atoms with E-state index in [1.807, 2.05) is 48.5 Å². The molecule has 4 N–H and O–H groups in total. The fourth-order valence-electron chi connectivity index (χ4n) is 6.12. The third-order valence-corrected chi connectivity index (χ3v) is 13.7. The average Bonchev–Trinajstić information content (AvgIpc) is 3.26. The van der Waals surface area contributed by atoms with E-state index < -0.39 is 65.8 Å². The fraction of sp³-hybridized carbons (Fsp3) is 0.658. The normalized spacial score (nSPS) is 18.9. The summed E-state index contributed by atoms with van der Waals surface area (Å²) >= 11 is -2.99. The van der Waals surface area contributed by atoms with Crippen molar-refractivity contribution >= 4 is 59.4 Å². The Morgan fingerprint density at radius 3 is 2.19 bits per heavy atom. The Bertz CT molecular complexity index is 1400. The van der Waals surface area contributed by atoms with Crippen molar-refractivity contribution in [3.63, 3.8) is 0 Å². The summed E-state index contributed by atoms with van der Waals surface area (Å²) in [7, 11) is 3.15. The molecule has 52 heavy (non-hydrogen) atoms. The summed E-state index contributed by atoms with van der Waals surface area (Å²) < 4.78 is 7.91. The molecule has 0 aromatic heterocycles. The molecule has 2 rings (SSSR count). The topological polar surface area (TPSA) is 180 Å². The number of benzene rings is 1. The summed E-state index contributed by atoms with van der Waals surface area (Å²) in [5.41, 5.74) is 0.0527. The molecule has 1 aliphatic carbocycles. The van der Waals surface area contributed by atoms with Gasteiger partial charge in [0.05, 0.1) is 6.61 Å². The predicted octanol–water partition coefficient (Wildman–Crippen LogP) is 4.72. The van der Waals surface area contributed by atoms with E-state index in [4.69, 9.17) is 4.74 Å². The molecule has 1 fully saturated rings. The zero-order valence-electron chi connectivity index (χ0n) is 32.3. The molecule has 5 atom stereocenters. The van der Waals surface area contributed by atoms with E-state index in [-0.39, 0.29) is 54.3 Å². The van der Waals surface area contributed by atoms with Crippen LogP contribution in [0.2, 0.25) is 0 Å². The van der Waals surface area contributed by atoms with Crippen LogP contribution < -0.4 is 19.5 Å². The Hall–Kier alpha value is -3.56. The Labute approximate surface area is 316 Å². The molecule has 0 spiro atoms. The van der Waals surface area contributed by atoms with Gasteiger partial charge in [0, 0.05) is 0 Å². The number of carbonyl (C=O) groups excluding carboxylic acids is 7. The molecule has 292 valence electrons. The maximum absolute atomic E-state index is 13.6. The van der Waals surface area contributed by atoms with E-state index in [0.29, 0.717) is 35.7 Å². The Morgan fingerprint density at radius 2 is 1.62 bits per heavy atom. The number of Topliss-reactive ketones (excluding diaryl/α,β-unsaturated/α-hetero) is 1. The van der Waals surface area contributed by atoms with Gasteiger partial charge in [-0.05, 0) is 5.92 Å². The van der Waals surface area contributed by atoms with Crippen molar-refractivity contribution in [1.29, 1.82) is 0 Å². The van der Waals surface area contributed by atoms with Crippen molar-refractivity contribution in [2.45, 2.75) is 99.1 Å². The molecule has 1 saturated carbocycles. The third-order valence-electron chi connectivity index (χ3n) is 8.71. The van der Waals surface area contributed by atoms with E-state index in [2.05, 4.69) is 19.5 Å². The number of hydrogen-bond donors (Lipinski definition) is 4. The molecule has 0 bridgehead atoms. The predicted molar refractivity (Wildman–Crippen MR) is 208 cm³/mol. The van der Waals surface area contributed by atoms with Gasteiger partial charge >= 0.3 is 291 Å². The van der Waals surface area contributed by atoms with Gasteiger partial charge in [0.25, 0.3) is 0 Å². The van der Waals surface area contributed by atoms with Gasteiger partial charge in [-0.25, -0.2) is 0 Å². The summed E-state index contributed by atoms with van der Waals surface area (Å²) in [6, 6.07) is 7.02. The van der Waals surface area contributed by atoms with E-state index in [9.17, 15) is 33.6 Å². The second-order valence-electron chi connectivity index (χ2n) is 15.4. The van der Waals surface area contributed by atoms with Gasteiger partial charge in [0.2, 0.25) is 0 Å². The maximum atomic E-state index is 13.6. The van der Waals surface area contributed by atoms with Gasteiger partial charge in [0.1, 0.15) is 0 Å². The number of hydrogen-bond acceptors (Lipinski definition) is 8. The van der Waals surface area contributed by atoms with Crippen molar-refractivity contribution in [3.05, 3.63) is 35.9 Å². The van der Waals surface area contributed by atoms with E-state index in [1.54, 1.807) is 44.4 Å². The standard InChI is InChI=1S/C38H60IN5O8/c1-10-18-39(33(47)35(49)40-22-30(46)41-31(36(50)44(8)9)27-14-12-11-13-15-27)43-34(48)28-17-16-26(19-25(4)20-28)21-29(45)32(38(5,6)7)42-37(51)52-23-24(2)3/h11-15,24-26,28,31-32H,10,16-23H2,1-9H3,(H,40,49)(H,41,46)(H,42,51)(H,43,48)/t25-,26?,28+,31+,32-/m1/s1. The second kappa shape index (κ2) is 21.2. The summed E-state index contributed by atoms with van der Waals surface area (Å²) in [6.45, 7) is 13.2. The Kier molecular flexibility index (Phi) is 18.2. The number of alkyl carbamates (subject to hydrolysis) is 1. The molecule has 1 aromatic carbocycles. The Balaban J connectivity index is 2.00. The van der Waals surface area contributed by atoms with Gasteiger partial charge in [-0.1, -0.05) is 13.8 Å². The molecule has 14 heteroatoms. The van der Waals surface area contributed by atoms with Crippen molar-refractivity contribution in [2.75, 3.05) is 31.7 Å². The first-order chi connectivity index (χ1) is 24.3. The molecule has 1 aromatic rings. The molecule has 13 nitrogen and oxygen atoms in total. The zero-order valence-corrected chi connectivity index (χ0v) is 34.5. The number of nitrogens with one attached hydrogen (secondary N) is 4. The number of rotatable bonds is 17. The monoisotopic (exact) mass is 841 g/mol. The first-order valence-corrected chi connectivity index (χ1v) is 21.8. The average molecular weight is 842 g/mol. The number of ketones is 1. The quantitative estimate of drug-likeness (QED) is 0.0435. The van der Waals surface area contributed by atoms with Crippen molar-refractivity contribution in [3.8, 4) is 0 Å². The number of likely N-dealkylation sites (N-methyl/N-ethyl adjacent to an activating group) is 1.